The van der Waals surface area contributed by atoms with Gasteiger partial charge in [0.25, 0.3) is 0 Å². The molecule has 318 valence electrons. The van der Waals surface area contributed by atoms with Crippen LogP contribution in [0.5, 0.6) is 0 Å². The number of ether oxygens (including phenoxy) is 4. The van der Waals surface area contributed by atoms with Crippen molar-refractivity contribution < 1.29 is 43.2 Å². The van der Waals surface area contributed by atoms with Crippen LogP contribution in [-0.2, 0) is 38.1 Å². The van der Waals surface area contributed by atoms with Crippen molar-refractivity contribution >= 4 is 23.9 Å². The Morgan fingerprint density at radius 3 is 1.07 bits per heavy atom. The third-order valence-electron chi connectivity index (χ3n) is 9.98. The predicted molar refractivity (Wildman–Crippen MR) is 218 cm³/mol. The summed E-state index contributed by atoms with van der Waals surface area (Å²) in [5, 5.41) is 8.85. The van der Waals surface area contributed by atoms with Crippen molar-refractivity contribution in [2.75, 3.05) is 26.4 Å². The molecule has 54 heavy (non-hydrogen) atoms. The number of hydrogen-bond donors (Lipinski definition) is 1. The van der Waals surface area contributed by atoms with E-state index in [2.05, 4.69) is 13.8 Å². The number of carbonyl (C=O) groups is 4. The van der Waals surface area contributed by atoms with Crippen LogP contribution >= 0.6 is 0 Å². The van der Waals surface area contributed by atoms with Crippen LogP contribution in [0.3, 0.4) is 0 Å². The van der Waals surface area contributed by atoms with Gasteiger partial charge < -0.3 is 24.1 Å². The summed E-state index contributed by atoms with van der Waals surface area (Å²) in [7, 11) is 0. The molecule has 0 fully saturated rings. The van der Waals surface area contributed by atoms with Crippen LogP contribution in [0, 0.1) is 0 Å². The third kappa shape index (κ3) is 39.5. The van der Waals surface area contributed by atoms with Crippen LogP contribution in [0.2, 0.25) is 0 Å². The minimum Gasteiger partial charge on any atom is -0.466 e. The van der Waals surface area contributed by atoms with Gasteiger partial charge in [0.15, 0.2) is 6.10 Å². The Bertz CT molecular complexity index is 816. The topological polar surface area (TPSA) is 125 Å². The molecule has 0 aliphatic rings. The zero-order valence-electron chi connectivity index (χ0n) is 35.2. The Morgan fingerprint density at radius 2 is 0.685 bits per heavy atom. The van der Waals surface area contributed by atoms with Crippen molar-refractivity contribution in [3.8, 4) is 0 Å². The molecule has 0 aliphatic carbocycles. The SMILES string of the molecule is CCCCCCCCCCCCCCCC(=O)OCC(COC(=O)CCCCCCCCCCCCCCC)OC(=O)CCC(=O)OCCCCCCO. The molecule has 9 nitrogen and oxygen atoms in total. The van der Waals surface area contributed by atoms with Crippen molar-refractivity contribution in [1.82, 2.24) is 0 Å². The maximum atomic E-state index is 12.6. The number of aliphatic hydroxyl groups is 1. The monoisotopic (exact) mass is 769 g/mol. The molecule has 9 heteroatoms. The van der Waals surface area contributed by atoms with Gasteiger partial charge in [0.2, 0.25) is 0 Å². The molecule has 0 unspecified atom stereocenters. The molecule has 0 aromatic rings. The highest BCUT2D eigenvalue weighted by Gasteiger charge is 2.20. The zero-order chi connectivity index (χ0) is 39.6. The normalized spacial score (nSPS) is 11.2. The van der Waals surface area contributed by atoms with E-state index >= 15 is 0 Å². The van der Waals surface area contributed by atoms with Gasteiger partial charge in [0, 0.05) is 19.4 Å². The number of unbranched alkanes of at least 4 members (excludes halogenated alkanes) is 27. The molecule has 0 aliphatic heterocycles. The summed E-state index contributed by atoms with van der Waals surface area (Å²) in [5.41, 5.74) is 0. The van der Waals surface area contributed by atoms with Crippen LogP contribution in [0.1, 0.15) is 232 Å². The predicted octanol–water partition coefficient (Wildman–Crippen LogP) is 11.8. The highest BCUT2D eigenvalue weighted by molar-refractivity contribution is 5.77. The Labute approximate surface area is 331 Å². The van der Waals surface area contributed by atoms with Gasteiger partial charge in [-0.05, 0) is 32.1 Å². The van der Waals surface area contributed by atoms with Crippen LogP contribution in [0.25, 0.3) is 0 Å². The lowest BCUT2D eigenvalue weighted by atomic mass is 10.0. The van der Waals surface area contributed by atoms with Gasteiger partial charge in [-0.2, -0.15) is 0 Å². The van der Waals surface area contributed by atoms with Gasteiger partial charge in [-0.1, -0.05) is 174 Å². The average Bonchev–Trinajstić information content (AvgIpc) is 3.16. The van der Waals surface area contributed by atoms with E-state index in [-0.39, 0.29) is 51.2 Å². The lowest BCUT2D eigenvalue weighted by Gasteiger charge is -2.18. The summed E-state index contributed by atoms with van der Waals surface area (Å²) >= 11 is 0. The smallest absolute Gasteiger partial charge is 0.306 e. The quantitative estimate of drug-likeness (QED) is 0.0367. The Kier molecular flexibility index (Phi) is 40.3. The minimum absolute atomic E-state index is 0.125. The van der Waals surface area contributed by atoms with E-state index in [9.17, 15) is 19.2 Å². The second-order valence-corrected chi connectivity index (χ2v) is 15.3. The van der Waals surface area contributed by atoms with Gasteiger partial charge >= 0.3 is 23.9 Å². The van der Waals surface area contributed by atoms with E-state index in [1.807, 2.05) is 0 Å². The van der Waals surface area contributed by atoms with Crippen molar-refractivity contribution in [3.63, 3.8) is 0 Å². The first-order valence-corrected chi connectivity index (χ1v) is 22.7. The molecule has 0 radical (unpaired) electrons. The molecule has 0 amide bonds. The lowest BCUT2D eigenvalue weighted by molar-refractivity contribution is -0.167. The van der Waals surface area contributed by atoms with Gasteiger partial charge in [-0.25, -0.2) is 0 Å². The van der Waals surface area contributed by atoms with E-state index < -0.39 is 18.0 Å². The Morgan fingerprint density at radius 1 is 0.370 bits per heavy atom. The van der Waals surface area contributed by atoms with E-state index in [1.165, 1.54) is 128 Å². The number of hydrogen-bond acceptors (Lipinski definition) is 9. The molecule has 0 aromatic heterocycles. The molecule has 0 bridgehead atoms. The molecule has 0 atom stereocenters. The van der Waals surface area contributed by atoms with Crippen molar-refractivity contribution in [2.24, 2.45) is 0 Å². The first-order chi connectivity index (χ1) is 26.4. The fourth-order valence-electron chi connectivity index (χ4n) is 6.48. The number of rotatable bonds is 42. The Hall–Kier alpha value is -2.16. The highest BCUT2D eigenvalue weighted by atomic mass is 16.6. The molecule has 0 heterocycles. The van der Waals surface area contributed by atoms with Gasteiger partial charge in [-0.3, -0.25) is 19.2 Å². The van der Waals surface area contributed by atoms with Crippen molar-refractivity contribution in [2.45, 2.75) is 238 Å². The largest absolute Gasteiger partial charge is 0.466 e. The second-order valence-electron chi connectivity index (χ2n) is 15.3. The van der Waals surface area contributed by atoms with Crippen LogP contribution < -0.4 is 0 Å². The summed E-state index contributed by atoms with van der Waals surface area (Å²) in [6.45, 7) is 4.52. The molecule has 0 saturated heterocycles. The van der Waals surface area contributed by atoms with E-state index in [0.717, 1.165) is 57.8 Å². The summed E-state index contributed by atoms with van der Waals surface area (Å²) in [4.78, 5) is 49.6. The molecule has 0 spiro atoms. The number of carbonyl (C=O) groups excluding carboxylic acids is 4. The van der Waals surface area contributed by atoms with Crippen LogP contribution in [0.15, 0.2) is 0 Å². The van der Waals surface area contributed by atoms with Crippen LogP contribution in [-0.4, -0.2) is 61.5 Å². The van der Waals surface area contributed by atoms with Crippen molar-refractivity contribution in [1.29, 1.82) is 0 Å². The number of aliphatic hydroxyl groups excluding tert-OH is 1. The summed E-state index contributed by atoms with van der Waals surface area (Å²) in [5.74, 6) is -1.85. The molecule has 0 rings (SSSR count). The standard InChI is InChI=1S/C45H84O9/c1-3-5-7-9-11-13-15-17-19-21-23-25-29-33-42(47)52-39-41(54-45(50)36-35-44(49)51-38-32-28-27-31-37-46)40-53-43(48)34-30-26-24-22-20-18-16-14-12-10-8-6-4-2/h41,46H,3-40H2,1-2H3. The fourth-order valence-corrected chi connectivity index (χ4v) is 6.48. The zero-order valence-corrected chi connectivity index (χ0v) is 35.2. The second kappa shape index (κ2) is 42.0. The lowest BCUT2D eigenvalue weighted by Crippen LogP contribution is -2.31. The fraction of sp³-hybridized carbons (Fsp3) is 0.911. The molecule has 1 N–H and O–H groups in total. The van der Waals surface area contributed by atoms with E-state index in [0.29, 0.717) is 19.3 Å². The number of esters is 4. The molecular weight excluding hydrogens is 684 g/mol. The average molecular weight is 769 g/mol. The highest BCUT2D eigenvalue weighted by Crippen LogP contribution is 2.15. The van der Waals surface area contributed by atoms with Gasteiger partial charge in [0.1, 0.15) is 13.2 Å². The maximum Gasteiger partial charge on any atom is 0.306 e. The third-order valence-corrected chi connectivity index (χ3v) is 9.98. The van der Waals surface area contributed by atoms with Crippen LogP contribution in [0.4, 0.5) is 0 Å². The minimum atomic E-state index is -0.939. The Balaban J connectivity index is 4.38. The molecular formula is C45H84O9. The van der Waals surface area contributed by atoms with Gasteiger partial charge in [-0.15, -0.1) is 0 Å². The molecule has 0 aromatic carbocycles. The summed E-state index contributed by atoms with van der Waals surface area (Å²) < 4.78 is 21.5. The first-order valence-electron chi connectivity index (χ1n) is 22.7. The van der Waals surface area contributed by atoms with E-state index in [1.54, 1.807) is 0 Å². The summed E-state index contributed by atoms with van der Waals surface area (Å²) in [6.07, 6.45) is 34.3. The molecule has 0 saturated carbocycles. The van der Waals surface area contributed by atoms with Gasteiger partial charge in [0.05, 0.1) is 19.4 Å². The maximum absolute atomic E-state index is 12.6. The van der Waals surface area contributed by atoms with Crippen molar-refractivity contribution in [3.05, 3.63) is 0 Å². The summed E-state index contributed by atoms with van der Waals surface area (Å²) in [6, 6.07) is 0. The van der Waals surface area contributed by atoms with E-state index in [4.69, 9.17) is 24.1 Å². The first kappa shape index (κ1) is 51.8.